The first kappa shape index (κ1) is 44.8. The number of thiazole rings is 1. The first-order valence-corrected chi connectivity index (χ1v) is 19.8. The van der Waals surface area contributed by atoms with Crippen molar-refractivity contribution in [3.8, 4) is 0 Å². The lowest BCUT2D eigenvalue weighted by Gasteiger charge is -2.41. The van der Waals surface area contributed by atoms with Gasteiger partial charge in [0.15, 0.2) is 0 Å². The molecule has 2 heterocycles. The highest BCUT2D eigenvalue weighted by atomic mass is 32.1. The van der Waals surface area contributed by atoms with Crippen LogP contribution in [0.4, 0.5) is 4.79 Å². The highest BCUT2D eigenvalue weighted by Crippen LogP contribution is 2.31. The van der Waals surface area contributed by atoms with Gasteiger partial charge in [0, 0.05) is 39.4 Å². The average molecular weight is 774 g/mol. The number of rotatable bonds is 18. The molecule has 0 unspecified atom stereocenters. The zero-order valence-corrected chi connectivity index (χ0v) is 34.8. The molecule has 3 rings (SSSR count). The predicted molar refractivity (Wildman–Crippen MR) is 209 cm³/mol. The van der Waals surface area contributed by atoms with E-state index in [2.05, 4.69) is 15.6 Å². The van der Waals surface area contributed by atoms with E-state index in [-0.39, 0.29) is 36.2 Å². The zero-order chi connectivity index (χ0) is 40.4. The molecule has 0 bridgehead atoms. The van der Waals surface area contributed by atoms with Crippen molar-refractivity contribution in [1.82, 2.24) is 25.4 Å². The number of aliphatic hydroxyl groups is 1. The van der Waals surface area contributed by atoms with Crippen LogP contribution in [0.15, 0.2) is 41.9 Å². The number of aromatic nitrogens is 1. The van der Waals surface area contributed by atoms with Crippen LogP contribution in [0.5, 0.6) is 0 Å². The molecule has 1 aliphatic heterocycles. The van der Waals surface area contributed by atoms with Crippen molar-refractivity contribution in [2.24, 2.45) is 11.8 Å². The molecule has 54 heavy (non-hydrogen) atoms. The number of ether oxygens (including phenoxy) is 3. The van der Waals surface area contributed by atoms with Gasteiger partial charge in [-0.15, -0.1) is 11.3 Å². The summed E-state index contributed by atoms with van der Waals surface area (Å²) >= 11 is 1.49. The van der Waals surface area contributed by atoms with Gasteiger partial charge in [-0.25, -0.2) is 9.78 Å². The van der Waals surface area contributed by atoms with Crippen LogP contribution in [0.1, 0.15) is 97.7 Å². The van der Waals surface area contributed by atoms with E-state index in [0.29, 0.717) is 25.8 Å². The largest absolute Gasteiger partial charge is 0.444 e. The lowest BCUT2D eigenvalue weighted by molar-refractivity contribution is -0.149. The number of likely N-dealkylation sites (N-methyl/N-ethyl adjacent to an activating group) is 1. The van der Waals surface area contributed by atoms with Crippen molar-refractivity contribution in [2.45, 2.75) is 135 Å². The van der Waals surface area contributed by atoms with Crippen molar-refractivity contribution >= 4 is 35.2 Å². The molecule has 1 saturated heterocycles. The van der Waals surface area contributed by atoms with Crippen LogP contribution in [-0.2, 0) is 35.0 Å². The topological polar surface area (TPSA) is 160 Å². The Morgan fingerprint density at radius 3 is 2.26 bits per heavy atom. The van der Waals surface area contributed by atoms with Crippen LogP contribution >= 0.6 is 11.3 Å². The fraction of sp³-hybridized carbons (Fsp3) is 0.675. The van der Waals surface area contributed by atoms with E-state index < -0.39 is 53.4 Å². The number of alkyl carbamates (subject to hydrolysis) is 1. The number of hydrogen-bond acceptors (Lipinski definition) is 10. The molecule has 0 aliphatic carbocycles. The van der Waals surface area contributed by atoms with E-state index in [1.54, 1.807) is 46.0 Å². The van der Waals surface area contributed by atoms with Crippen LogP contribution in [-0.4, -0.2) is 113 Å². The molecule has 1 fully saturated rings. The molecule has 13 nitrogen and oxygen atoms in total. The molecule has 0 radical (unpaired) electrons. The summed E-state index contributed by atoms with van der Waals surface area (Å²) in [5, 5.41) is 19.5. The Bertz CT molecular complexity index is 1500. The summed E-state index contributed by atoms with van der Waals surface area (Å²) < 4.78 is 17.3. The average Bonchev–Trinajstić information content (AvgIpc) is 3.82. The Morgan fingerprint density at radius 2 is 1.72 bits per heavy atom. The van der Waals surface area contributed by atoms with E-state index in [4.69, 9.17) is 14.2 Å². The van der Waals surface area contributed by atoms with Gasteiger partial charge in [0.1, 0.15) is 16.7 Å². The van der Waals surface area contributed by atoms with Crippen molar-refractivity contribution in [3.05, 3.63) is 52.5 Å². The molecule has 1 aromatic heterocycles. The highest BCUT2D eigenvalue weighted by molar-refractivity contribution is 7.09. The fourth-order valence-corrected chi connectivity index (χ4v) is 7.92. The molecule has 2 aromatic rings. The van der Waals surface area contributed by atoms with Crippen LogP contribution < -0.4 is 10.6 Å². The third kappa shape index (κ3) is 12.2. The number of nitrogens with one attached hydrogen (secondary N) is 2. The summed E-state index contributed by atoms with van der Waals surface area (Å²) in [6.45, 7) is 14.3. The summed E-state index contributed by atoms with van der Waals surface area (Å²) in [5.41, 5.74) is -1.37. The number of amides is 4. The highest BCUT2D eigenvalue weighted by Gasteiger charge is 2.45. The summed E-state index contributed by atoms with van der Waals surface area (Å²) in [5.74, 6) is -1.62. The van der Waals surface area contributed by atoms with E-state index in [9.17, 15) is 24.3 Å². The number of nitrogens with zero attached hydrogens (tertiary/aromatic N) is 3. The van der Waals surface area contributed by atoms with Gasteiger partial charge in [-0.05, 0) is 65.4 Å². The number of hydrogen-bond donors (Lipinski definition) is 3. The van der Waals surface area contributed by atoms with Crippen molar-refractivity contribution in [2.75, 3.05) is 27.8 Å². The van der Waals surface area contributed by atoms with Crippen LogP contribution in [0, 0.1) is 11.8 Å². The Hall–Kier alpha value is -3.59. The molecule has 0 saturated carbocycles. The maximum absolute atomic E-state index is 14.2. The summed E-state index contributed by atoms with van der Waals surface area (Å²) in [6.07, 6.45) is 2.22. The second kappa shape index (κ2) is 19.8. The molecule has 302 valence electrons. The number of likely N-dealkylation sites (tertiary alicyclic amines) is 1. The lowest BCUT2D eigenvalue weighted by Crippen LogP contribution is -2.62. The Morgan fingerprint density at radius 1 is 1.06 bits per heavy atom. The minimum Gasteiger partial charge on any atom is -0.444 e. The molecular weight excluding hydrogens is 711 g/mol. The fourth-order valence-electron chi connectivity index (χ4n) is 7.24. The van der Waals surface area contributed by atoms with Gasteiger partial charge in [0.05, 0.1) is 48.3 Å². The monoisotopic (exact) mass is 773 g/mol. The van der Waals surface area contributed by atoms with Gasteiger partial charge in [0.25, 0.3) is 0 Å². The van der Waals surface area contributed by atoms with E-state index >= 15 is 0 Å². The molecule has 0 spiro atoms. The number of carbonyl (C=O) groups excluding carboxylic acids is 4. The molecule has 3 N–H and O–H groups in total. The van der Waals surface area contributed by atoms with Crippen molar-refractivity contribution in [3.63, 3.8) is 0 Å². The van der Waals surface area contributed by atoms with Crippen LogP contribution in [0.3, 0.4) is 0 Å². The first-order valence-electron chi connectivity index (χ1n) is 18.9. The molecule has 1 aromatic carbocycles. The third-order valence-corrected chi connectivity index (χ3v) is 11.1. The number of benzene rings is 1. The number of methoxy groups -OCH3 is 2. The smallest absolute Gasteiger partial charge is 0.408 e. The van der Waals surface area contributed by atoms with Gasteiger partial charge in [-0.2, -0.15) is 0 Å². The maximum Gasteiger partial charge on any atom is 0.408 e. The second-order valence-corrected chi connectivity index (χ2v) is 16.9. The molecule has 8 atom stereocenters. The minimum absolute atomic E-state index is 0.0352. The van der Waals surface area contributed by atoms with Crippen LogP contribution in [0.2, 0.25) is 0 Å². The molecule has 4 amide bonds. The number of carbonyl (C=O) groups is 4. The Kier molecular flexibility index (Phi) is 16.5. The Balaban J connectivity index is 1.79. The zero-order valence-electron chi connectivity index (χ0n) is 34.0. The normalized spacial score (nSPS) is 18.8. The lowest BCUT2D eigenvalue weighted by atomic mass is 9.89. The van der Waals surface area contributed by atoms with E-state index in [1.807, 2.05) is 56.5 Å². The first-order chi connectivity index (χ1) is 25.3. The Labute approximate surface area is 325 Å². The molecular formula is C40H63N5O8S. The van der Waals surface area contributed by atoms with Crippen LogP contribution in [0.25, 0.3) is 0 Å². The standard InChI is InChI=1S/C40H63N5O8S/c1-12-25(2)32(44(9)37(48)34(40(7,8)50)43-38(49)53-39(4,5)6)30(51-10)24-31(46)45-21-16-19-29(45)33(52-11)26(3)35(47)42-28(36-41-20-22-54-36)23-27-17-14-13-15-18-27/h13-15,17-18,20,22,25-26,28-30,32-34,50H,12,16,19,21,23-24H2,1-11H3,(H,42,47)(H,43,49)/t25-,26+,28-,29-,30+,32-,33+,34+/m0/s1. The SMILES string of the molecule is CC[C@H](C)[C@@H]([C@@H](CC(=O)N1CCC[C@H]1[C@H](OC)[C@@H](C)C(=O)N[C@@H](Cc1ccccc1)c1nccs1)OC)N(C)C(=O)[C@@H](NC(=O)OC(C)(C)C)C(C)(C)O. The van der Waals surface area contributed by atoms with E-state index in [0.717, 1.165) is 17.0 Å². The summed E-state index contributed by atoms with van der Waals surface area (Å²) in [7, 11) is 4.68. The van der Waals surface area contributed by atoms with Gasteiger partial charge >= 0.3 is 6.09 Å². The van der Waals surface area contributed by atoms with E-state index in [1.165, 1.54) is 37.2 Å². The summed E-state index contributed by atoms with van der Waals surface area (Å²) in [4.78, 5) is 62.6. The van der Waals surface area contributed by atoms with Crippen molar-refractivity contribution in [1.29, 1.82) is 0 Å². The van der Waals surface area contributed by atoms with Gasteiger partial charge in [-0.1, -0.05) is 57.5 Å². The maximum atomic E-state index is 14.2. The minimum atomic E-state index is -1.64. The van der Waals surface area contributed by atoms with Gasteiger partial charge in [0.2, 0.25) is 17.7 Å². The molecule has 1 aliphatic rings. The second-order valence-electron chi connectivity index (χ2n) is 15.9. The summed E-state index contributed by atoms with van der Waals surface area (Å²) in [6, 6.07) is 7.34. The van der Waals surface area contributed by atoms with Gasteiger partial charge < -0.3 is 39.8 Å². The quantitative estimate of drug-likeness (QED) is 0.187. The van der Waals surface area contributed by atoms with Gasteiger partial charge in [-0.3, -0.25) is 14.4 Å². The van der Waals surface area contributed by atoms with Crippen molar-refractivity contribution < 1.29 is 38.5 Å². The molecule has 14 heteroatoms. The third-order valence-electron chi connectivity index (χ3n) is 10.2. The predicted octanol–water partition coefficient (Wildman–Crippen LogP) is 5.13.